The molecule has 0 amide bonds. The zero-order valence-corrected chi connectivity index (χ0v) is 9.79. The molecule has 17 heavy (non-hydrogen) atoms. The minimum Gasteiger partial charge on any atom is -0.409 e. The second-order valence-corrected chi connectivity index (χ2v) is 4.27. The van der Waals surface area contributed by atoms with Crippen LogP contribution in [0.25, 0.3) is 0 Å². The Labute approximate surface area is 101 Å². The topological polar surface area (TPSA) is 102 Å². The van der Waals surface area contributed by atoms with Crippen LogP contribution in [0.1, 0.15) is 5.69 Å². The fourth-order valence-corrected chi connectivity index (χ4v) is 1.88. The molecule has 0 aliphatic rings. The summed E-state index contributed by atoms with van der Waals surface area (Å²) in [4.78, 5) is 9.14. The molecule has 0 fully saturated rings. The van der Waals surface area contributed by atoms with Gasteiger partial charge in [0.05, 0.1) is 23.5 Å². The molecule has 7 nitrogen and oxygen atoms in total. The van der Waals surface area contributed by atoms with Crippen molar-refractivity contribution in [3.63, 3.8) is 0 Å². The summed E-state index contributed by atoms with van der Waals surface area (Å²) in [7, 11) is 1.84. The highest BCUT2D eigenvalue weighted by atomic mass is 32.2. The zero-order chi connectivity index (χ0) is 12.3. The van der Waals surface area contributed by atoms with Crippen molar-refractivity contribution in [2.24, 2.45) is 17.9 Å². The van der Waals surface area contributed by atoms with Gasteiger partial charge in [-0.3, -0.25) is 4.68 Å². The van der Waals surface area contributed by atoms with Crippen LogP contribution in [0.15, 0.2) is 39.9 Å². The standard InChI is InChI=1S/C9H10N6OS/c1-15-5-6(2-13-15)17-8-4-11-7(3-12-8)9(10)14-16/h2-5,16H,1H3,(H2,10,14). The Morgan fingerprint density at radius 3 is 2.76 bits per heavy atom. The number of nitrogens with zero attached hydrogens (tertiary/aromatic N) is 5. The third-order valence-electron chi connectivity index (χ3n) is 1.90. The molecule has 2 aromatic rings. The first-order valence-corrected chi connectivity index (χ1v) is 5.47. The lowest BCUT2D eigenvalue weighted by Gasteiger charge is -1.99. The second-order valence-electron chi connectivity index (χ2n) is 3.18. The van der Waals surface area contributed by atoms with Crippen molar-refractivity contribution >= 4 is 17.6 Å². The Balaban J connectivity index is 2.13. The molecular weight excluding hydrogens is 240 g/mol. The van der Waals surface area contributed by atoms with Gasteiger partial charge in [0, 0.05) is 13.2 Å². The molecule has 2 heterocycles. The quantitative estimate of drug-likeness (QED) is 0.355. The number of hydrogen-bond acceptors (Lipinski definition) is 6. The van der Waals surface area contributed by atoms with Crippen molar-refractivity contribution in [1.82, 2.24) is 19.7 Å². The summed E-state index contributed by atoms with van der Waals surface area (Å²) in [6.45, 7) is 0. The van der Waals surface area contributed by atoms with Gasteiger partial charge in [-0.25, -0.2) is 9.97 Å². The highest BCUT2D eigenvalue weighted by Crippen LogP contribution is 2.24. The summed E-state index contributed by atoms with van der Waals surface area (Å²) in [5, 5.41) is 16.1. The molecule has 3 N–H and O–H groups in total. The van der Waals surface area contributed by atoms with Crippen LogP contribution >= 0.6 is 11.8 Å². The van der Waals surface area contributed by atoms with E-state index in [0.29, 0.717) is 10.7 Å². The molecule has 0 atom stereocenters. The third-order valence-corrected chi connectivity index (χ3v) is 2.77. The highest BCUT2D eigenvalue weighted by Gasteiger charge is 2.04. The predicted octanol–water partition coefficient (Wildman–Crippen LogP) is 0.456. The van der Waals surface area contributed by atoms with Gasteiger partial charge in [0.2, 0.25) is 0 Å². The van der Waals surface area contributed by atoms with E-state index in [1.54, 1.807) is 17.1 Å². The molecule has 0 unspecified atom stereocenters. The maximum atomic E-state index is 8.47. The number of aromatic nitrogens is 4. The van der Waals surface area contributed by atoms with Crippen LogP contribution in [0.2, 0.25) is 0 Å². The molecule has 0 bridgehead atoms. The molecule has 88 valence electrons. The van der Waals surface area contributed by atoms with E-state index < -0.39 is 0 Å². The van der Waals surface area contributed by atoms with Crippen LogP contribution in [0.4, 0.5) is 0 Å². The van der Waals surface area contributed by atoms with Crippen molar-refractivity contribution in [2.45, 2.75) is 9.92 Å². The van der Waals surface area contributed by atoms with Gasteiger partial charge in [-0.1, -0.05) is 16.9 Å². The Morgan fingerprint density at radius 1 is 1.41 bits per heavy atom. The minimum absolute atomic E-state index is 0.0598. The third kappa shape index (κ3) is 2.72. The van der Waals surface area contributed by atoms with E-state index in [0.717, 1.165) is 4.90 Å². The summed E-state index contributed by atoms with van der Waals surface area (Å²) in [6, 6.07) is 0. The largest absolute Gasteiger partial charge is 0.409 e. The molecule has 0 aliphatic heterocycles. The van der Waals surface area contributed by atoms with E-state index in [9.17, 15) is 0 Å². The first kappa shape index (κ1) is 11.4. The van der Waals surface area contributed by atoms with E-state index >= 15 is 0 Å². The zero-order valence-electron chi connectivity index (χ0n) is 8.98. The smallest absolute Gasteiger partial charge is 0.190 e. The van der Waals surface area contributed by atoms with Gasteiger partial charge < -0.3 is 10.9 Å². The molecule has 0 radical (unpaired) electrons. The van der Waals surface area contributed by atoms with Gasteiger partial charge in [-0.05, 0) is 0 Å². The van der Waals surface area contributed by atoms with Gasteiger partial charge in [0.25, 0.3) is 0 Å². The summed E-state index contributed by atoms with van der Waals surface area (Å²) < 4.78 is 1.71. The van der Waals surface area contributed by atoms with Crippen LogP contribution in [-0.4, -0.2) is 30.8 Å². The Kier molecular flexibility index (Phi) is 3.24. The normalized spacial score (nSPS) is 11.7. The maximum absolute atomic E-state index is 8.47. The van der Waals surface area contributed by atoms with Crippen molar-refractivity contribution in [1.29, 1.82) is 0 Å². The number of oxime groups is 1. The maximum Gasteiger partial charge on any atom is 0.190 e. The lowest BCUT2D eigenvalue weighted by molar-refractivity contribution is 0.318. The Hall–Kier alpha value is -2.09. The molecule has 2 aromatic heterocycles. The summed E-state index contributed by atoms with van der Waals surface area (Å²) in [5.74, 6) is -0.0598. The van der Waals surface area contributed by atoms with Gasteiger partial charge >= 0.3 is 0 Å². The van der Waals surface area contributed by atoms with E-state index in [1.807, 2.05) is 13.2 Å². The Morgan fingerprint density at radius 2 is 2.24 bits per heavy atom. The monoisotopic (exact) mass is 250 g/mol. The molecular formula is C9H10N6OS. The van der Waals surface area contributed by atoms with Crippen molar-refractivity contribution in [2.75, 3.05) is 0 Å². The molecule has 0 aromatic carbocycles. The fourth-order valence-electron chi connectivity index (χ4n) is 1.12. The summed E-state index contributed by atoms with van der Waals surface area (Å²) >= 11 is 1.44. The number of nitrogens with two attached hydrogens (primary N) is 1. The first-order chi connectivity index (χ1) is 8.19. The van der Waals surface area contributed by atoms with E-state index in [-0.39, 0.29) is 5.84 Å². The Bertz CT molecular complexity index is 535. The number of aryl methyl sites for hydroxylation is 1. The van der Waals surface area contributed by atoms with Crippen molar-refractivity contribution < 1.29 is 5.21 Å². The van der Waals surface area contributed by atoms with E-state index in [4.69, 9.17) is 10.9 Å². The van der Waals surface area contributed by atoms with Gasteiger partial charge in [-0.15, -0.1) is 0 Å². The molecule has 2 rings (SSSR count). The van der Waals surface area contributed by atoms with Gasteiger partial charge in [0.15, 0.2) is 5.84 Å². The number of amidine groups is 1. The average molecular weight is 250 g/mol. The predicted molar refractivity (Wildman–Crippen MR) is 61.9 cm³/mol. The van der Waals surface area contributed by atoms with Crippen LogP contribution in [0, 0.1) is 0 Å². The van der Waals surface area contributed by atoms with Crippen molar-refractivity contribution in [3.8, 4) is 0 Å². The number of rotatable bonds is 3. The summed E-state index contributed by atoms with van der Waals surface area (Å²) in [5.41, 5.74) is 5.71. The van der Waals surface area contributed by atoms with Crippen molar-refractivity contribution in [3.05, 3.63) is 30.5 Å². The lowest BCUT2D eigenvalue weighted by atomic mass is 10.4. The van der Waals surface area contributed by atoms with Crippen LogP contribution < -0.4 is 5.73 Å². The SMILES string of the molecule is Cn1cc(Sc2cnc(C(N)=NO)cn2)cn1. The second kappa shape index (κ2) is 4.83. The minimum atomic E-state index is -0.0598. The van der Waals surface area contributed by atoms with Crippen LogP contribution in [0.3, 0.4) is 0 Å². The molecule has 0 spiro atoms. The molecule has 0 aliphatic carbocycles. The molecule has 8 heteroatoms. The summed E-state index contributed by atoms with van der Waals surface area (Å²) in [6.07, 6.45) is 6.63. The number of hydrogen-bond donors (Lipinski definition) is 2. The van der Waals surface area contributed by atoms with Crippen LogP contribution in [0.5, 0.6) is 0 Å². The average Bonchev–Trinajstić information content (AvgIpc) is 2.75. The lowest BCUT2D eigenvalue weighted by Crippen LogP contribution is -2.15. The van der Waals surface area contributed by atoms with Gasteiger partial charge in [0.1, 0.15) is 10.7 Å². The van der Waals surface area contributed by atoms with E-state index in [1.165, 1.54) is 18.0 Å². The fraction of sp³-hybridized carbons (Fsp3) is 0.111. The van der Waals surface area contributed by atoms with Gasteiger partial charge in [-0.2, -0.15) is 5.10 Å². The molecule has 0 saturated heterocycles. The van der Waals surface area contributed by atoms with Crippen LogP contribution in [-0.2, 0) is 7.05 Å². The first-order valence-electron chi connectivity index (χ1n) is 4.65. The molecule has 0 saturated carbocycles. The highest BCUT2D eigenvalue weighted by molar-refractivity contribution is 7.99. The van der Waals surface area contributed by atoms with E-state index in [2.05, 4.69) is 20.2 Å².